The molecule has 0 spiro atoms. The Morgan fingerprint density at radius 1 is 1.04 bits per heavy atom. The first-order valence-electron chi connectivity index (χ1n) is 7.42. The molecule has 1 heterocycles. The van der Waals surface area contributed by atoms with Crippen molar-refractivity contribution in [2.45, 2.75) is 11.6 Å². The van der Waals surface area contributed by atoms with E-state index in [-0.39, 0.29) is 5.91 Å². The molecule has 0 saturated carbocycles. The van der Waals surface area contributed by atoms with Crippen LogP contribution in [0.15, 0.2) is 53.7 Å². The van der Waals surface area contributed by atoms with Crippen LogP contribution in [-0.2, 0) is 4.79 Å². The second-order valence-electron chi connectivity index (χ2n) is 5.17. The van der Waals surface area contributed by atoms with E-state index < -0.39 is 0 Å². The second kappa shape index (κ2) is 7.18. The first-order valence-corrected chi connectivity index (χ1v) is 8.41. The summed E-state index contributed by atoms with van der Waals surface area (Å²) in [6.07, 6.45) is 0.339. The number of hydrogen-bond donors (Lipinski definition) is 3. The second-order valence-corrected chi connectivity index (χ2v) is 6.24. The fraction of sp³-hybridized carbons (Fsp3) is 0.118. The van der Waals surface area contributed by atoms with E-state index in [1.807, 2.05) is 42.5 Å². The highest BCUT2D eigenvalue weighted by Gasteiger charge is 2.07. The van der Waals surface area contributed by atoms with Gasteiger partial charge in [-0.15, -0.1) is 0 Å². The Morgan fingerprint density at radius 3 is 2.54 bits per heavy atom. The zero-order valence-corrected chi connectivity index (χ0v) is 13.7. The molecule has 2 aromatic carbocycles. The summed E-state index contributed by atoms with van der Waals surface area (Å²) in [6, 6.07) is 15.3. The van der Waals surface area contributed by atoms with E-state index in [1.165, 1.54) is 17.8 Å². The predicted octanol–water partition coefficient (Wildman–Crippen LogP) is 2.92. The van der Waals surface area contributed by atoms with Gasteiger partial charge < -0.3 is 16.8 Å². The molecule has 1 amide bonds. The van der Waals surface area contributed by atoms with Crippen molar-refractivity contribution in [1.29, 1.82) is 0 Å². The van der Waals surface area contributed by atoms with Crippen molar-refractivity contribution in [1.82, 2.24) is 9.97 Å². The number of fused-ring (bicyclic) bond motifs is 1. The van der Waals surface area contributed by atoms with Crippen molar-refractivity contribution >= 4 is 45.8 Å². The van der Waals surface area contributed by atoms with Gasteiger partial charge in [0.2, 0.25) is 5.91 Å². The largest absolute Gasteiger partial charge is 0.383 e. The van der Waals surface area contributed by atoms with Crippen LogP contribution in [0.25, 0.3) is 10.8 Å². The highest BCUT2D eigenvalue weighted by Crippen LogP contribution is 2.23. The number of aromatic nitrogens is 2. The maximum Gasteiger partial charge on any atom is 0.225 e. The Morgan fingerprint density at radius 2 is 1.75 bits per heavy atom. The zero-order chi connectivity index (χ0) is 16.9. The Balaban J connectivity index is 1.59. The number of rotatable bonds is 5. The topological polar surface area (TPSA) is 107 Å². The van der Waals surface area contributed by atoms with Crippen LogP contribution in [0, 0.1) is 0 Å². The molecule has 0 aliphatic carbocycles. The molecular weight excluding hydrogens is 322 g/mol. The summed E-state index contributed by atoms with van der Waals surface area (Å²) in [5, 5.41) is 5.54. The van der Waals surface area contributed by atoms with Gasteiger partial charge in [0.1, 0.15) is 11.6 Å². The lowest BCUT2D eigenvalue weighted by molar-refractivity contribution is -0.115. The molecule has 0 fully saturated rings. The number of thioether (sulfide) groups is 1. The lowest BCUT2D eigenvalue weighted by Gasteiger charge is -2.08. The molecule has 0 bridgehead atoms. The van der Waals surface area contributed by atoms with E-state index in [4.69, 9.17) is 11.5 Å². The van der Waals surface area contributed by atoms with Gasteiger partial charge in [-0.3, -0.25) is 4.79 Å². The van der Waals surface area contributed by atoms with Crippen molar-refractivity contribution in [3.8, 4) is 0 Å². The predicted molar refractivity (Wildman–Crippen MR) is 98.8 cm³/mol. The number of carbonyl (C=O) groups is 1. The summed E-state index contributed by atoms with van der Waals surface area (Å²) >= 11 is 1.35. The summed E-state index contributed by atoms with van der Waals surface area (Å²) in [4.78, 5) is 20.3. The standard InChI is InChI=1S/C17H17N5OS/c18-14-10-15(19)22-17(21-14)24-9-8-16(23)20-13-7-3-5-11-4-1-2-6-12(11)13/h1-7,10H,8-9H2,(H,20,23)(H4,18,19,21,22). The van der Waals surface area contributed by atoms with Crippen molar-refractivity contribution in [2.75, 3.05) is 22.5 Å². The van der Waals surface area contributed by atoms with E-state index in [2.05, 4.69) is 15.3 Å². The molecule has 0 aliphatic heterocycles. The molecule has 1 aromatic heterocycles. The van der Waals surface area contributed by atoms with Crippen molar-refractivity contribution in [2.24, 2.45) is 0 Å². The van der Waals surface area contributed by atoms with Crippen LogP contribution in [0.3, 0.4) is 0 Å². The molecule has 7 heteroatoms. The number of nitrogen functional groups attached to an aromatic ring is 2. The first kappa shape index (κ1) is 16.1. The third-order valence-corrected chi connectivity index (χ3v) is 4.22. The highest BCUT2D eigenvalue weighted by molar-refractivity contribution is 7.99. The smallest absolute Gasteiger partial charge is 0.225 e. The number of hydrogen-bond acceptors (Lipinski definition) is 6. The average molecular weight is 339 g/mol. The summed E-state index contributed by atoms with van der Waals surface area (Å²) in [6.45, 7) is 0. The zero-order valence-electron chi connectivity index (χ0n) is 12.9. The molecule has 122 valence electrons. The quantitative estimate of drug-likeness (QED) is 0.487. The Bertz CT molecular complexity index is 858. The molecule has 6 nitrogen and oxygen atoms in total. The van der Waals surface area contributed by atoms with Gasteiger partial charge in [0.25, 0.3) is 0 Å². The third kappa shape index (κ3) is 3.94. The van der Waals surface area contributed by atoms with Gasteiger partial charge in [-0.1, -0.05) is 48.2 Å². The van der Waals surface area contributed by atoms with Crippen LogP contribution >= 0.6 is 11.8 Å². The minimum Gasteiger partial charge on any atom is -0.383 e. The van der Waals surface area contributed by atoms with Gasteiger partial charge in [-0.25, -0.2) is 9.97 Å². The SMILES string of the molecule is Nc1cc(N)nc(SCCC(=O)Nc2cccc3ccccc23)n1. The molecule has 0 aliphatic rings. The third-order valence-electron chi connectivity index (χ3n) is 3.37. The molecular formula is C17H17N5OS. The van der Waals surface area contributed by atoms with Gasteiger partial charge >= 0.3 is 0 Å². The fourth-order valence-electron chi connectivity index (χ4n) is 2.31. The maximum absolute atomic E-state index is 12.2. The molecule has 5 N–H and O–H groups in total. The molecule has 3 aromatic rings. The lowest BCUT2D eigenvalue weighted by atomic mass is 10.1. The maximum atomic E-state index is 12.2. The number of benzene rings is 2. The number of amides is 1. The van der Waals surface area contributed by atoms with Gasteiger partial charge in [0, 0.05) is 29.3 Å². The molecule has 0 atom stereocenters. The van der Waals surface area contributed by atoms with Gasteiger partial charge in [0.15, 0.2) is 5.16 Å². The van der Waals surface area contributed by atoms with Crippen LogP contribution in [0.5, 0.6) is 0 Å². The number of nitrogens with two attached hydrogens (primary N) is 2. The molecule has 0 unspecified atom stereocenters. The van der Waals surface area contributed by atoms with E-state index in [9.17, 15) is 4.79 Å². The summed E-state index contributed by atoms with van der Waals surface area (Å²) < 4.78 is 0. The molecule has 0 saturated heterocycles. The average Bonchev–Trinajstić information content (AvgIpc) is 2.54. The minimum atomic E-state index is -0.0595. The Labute approximate surface area is 143 Å². The summed E-state index contributed by atoms with van der Waals surface area (Å²) in [5.41, 5.74) is 12.1. The summed E-state index contributed by atoms with van der Waals surface area (Å²) in [5.74, 6) is 1.13. The monoisotopic (exact) mass is 339 g/mol. The van der Waals surface area contributed by atoms with E-state index in [0.29, 0.717) is 29.0 Å². The lowest BCUT2D eigenvalue weighted by Crippen LogP contribution is -2.12. The van der Waals surface area contributed by atoms with Crippen LogP contribution in [-0.4, -0.2) is 21.6 Å². The van der Waals surface area contributed by atoms with Crippen LogP contribution < -0.4 is 16.8 Å². The molecule has 0 radical (unpaired) electrons. The minimum absolute atomic E-state index is 0.0595. The normalized spacial score (nSPS) is 10.7. The van der Waals surface area contributed by atoms with E-state index >= 15 is 0 Å². The number of nitrogens with zero attached hydrogens (tertiary/aromatic N) is 2. The Kier molecular flexibility index (Phi) is 4.81. The van der Waals surface area contributed by atoms with Gasteiger partial charge in [-0.2, -0.15) is 0 Å². The molecule has 24 heavy (non-hydrogen) atoms. The van der Waals surface area contributed by atoms with Crippen molar-refractivity contribution in [3.63, 3.8) is 0 Å². The number of nitrogens with one attached hydrogen (secondary N) is 1. The fourth-order valence-corrected chi connectivity index (χ4v) is 3.12. The molecule has 3 rings (SSSR count). The van der Waals surface area contributed by atoms with E-state index in [0.717, 1.165) is 16.5 Å². The Hall–Kier alpha value is -2.80. The summed E-state index contributed by atoms with van der Waals surface area (Å²) in [7, 11) is 0. The van der Waals surface area contributed by atoms with Crippen molar-refractivity contribution in [3.05, 3.63) is 48.5 Å². The number of carbonyl (C=O) groups excluding carboxylic acids is 1. The van der Waals surface area contributed by atoms with Gasteiger partial charge in [0.05, 0.1) is 0 Å². The van der Waals surface area contributed by atoms with Crippen LogP contribution in [0.2, 0.25) is 0 Å². The number of anilines is 3. The van der Waals surface area contributed by atoms with Crippen molar-refractivity contribution < 1.29 is 4.79 Å². The van der Waals surface area contributed by atoms with E-state index in [1.54, 1.807) is 0 Å². The van der Waals surface area contributed by atoms with Crippen LogP contribution in [0.1, 0.15) is 6.42 Å². The first-order chi connectivity index (χ1) is 11.6. The van der Waals surface area contributed by atoms with Gasteiger partial charge in [-0.05, 0) is 11.5 Å². The highest BCUT2D eigenvalue weighted by atomic mass is 32.2. The van der Waals surface area contributed by atoms with Crippen LogP contribution in [0.4, 0.5) is 17.3 Å².